The highest BCUT2D eigenvalue weighted by Gasteiger charge is 2.34. The number of carbonyl (C=O) groups excluding carboxylic acids is 8. The van der Waals surface area contributed by atoms with E-state index >= 15 is 0 Å². The van der Waals surface area contributed by atoms with Crippen LogP contribution in [0.3, 0.4) is 0 Å². The van der Waals surface area contributed by atoms with Gasteiger partial charge in [-0.25, -0.2) is 4.79 Å². The lowest BCUT2D eigenvalue weighted by Crippen LogP contribution is -2.60. The van der Waals surface area contributed by atoms with Crippen LogP contribution in [-0.4, -0.2) is 124 Å². The van der Waals surface area contributed by atoms with Crippen LogP contribution in [0.1, 0.15) is 63.5 Å². The molecule has 2 aromatic rings. The molecule has 0 heterocycles. The van der Waals surface area contributed by atoms with Crippen molar-refractivity contribution >= 4 is 53.2 Å². The zero-order valence-corrected chi connectivity index (χ0v) is 35.2. The minimum absolute atomic E-state index is 0.0246. The van der Waals surface area contributed by atoms with Crippen LogP contribution in [0.2, 0.25) is 0 Å². The first kappa shape index (κ1) is 52.5. The number of aliphatic hydroxyl groups excluding tert-OH is 1. The Bertz CT molecular complexity index is 1880. The number of phenols is 1. The van der Waals surface area contributed by atoms with Gasteiger partial charge < -0.3 is 70.2 Å². The third-order valence-corrected chi connectivity index (χ3v) is 9.62. The molecule has 0 bridgehead atoms. The fraction of sp³-hybridized carbons (Fsp3) is 0.488. The molecule has 0 saturated carbocycles. The van der Waals surface area contributed by atoms with Crippen molar-refractivity contribution in [1.29, 1.82) is 0 Å². The molecule has 2 rings (SSSR count). The minimum Gasteiger partial charge on any atom is -0.508 e. The molecule has 63 heavy (non-hydrogen) atoms. The van der Waals surface area contributed by atoms with Gasteiger partial charge in [0.1, 0.15) is 42.0 Å². The molecule has 0 unspecified atom stereocenters. The standard InChI is InChI=1S/C41H60N10O12/c1-22(2)34(41(62)63)51-40(61)31(21-52)50-39(60)30(18-23-8-4-3-5-9-23)49-37(58)28(15-16-32(44)54)47-36(57)27(10-6-7-17-42)46-38(59)29(19-24-11-13-25(53)14-12-24)48-35(56)26(43)20-33(45)55/h3-5,8-9,11-14,22,26-31,34,52-53H,6-7,10,15-21,42-43H2,1-2H3,(H2,44,54)(H2,45,55)(H,46,59)(H,47,57)(H,48,56)(H,49,58)(H,50,60)(H,51,61)(H,62,63)/t26-,27-,28-,29-,30-,31-,34-/m0/s1. The van der Waals surface area contributed by atoms with Crippen molar-refractivity contribution in [2.24, 2.45) is 28.9 Å². The van der Waals surface area contributed by atoms with Gasteiger partial charge in [-0.05, 0) is 61.4 Å². The number of rotatable bonds is 28. The highest BCUT2D eigenvalue weighted by Crippen LogP contribution is 2.13. The molecule has 17 N–H and O–H groups in total. The first-order valence-corrected chi connectivity index (χ1v) is 20.3. The van der Waals surface area contributed by atoms with E-state index in [2.05, 4.69) is 31.9 Å². The number of carboxylic acid groups (broad SMARTS) is 1. The van der Waals surface area contributed by atoms with Crippen molar-refractivity contribution in [2.45, 2.75) is 108 Å². The molecule has 0 aliphatic heterocycles. The summed E-state index contributed by atoms with van der Waals surface area (Å²) in [6.45, 7) is 2.38. The molecular weight excluding hydrogens is 825 g/mol. The Morgan fingerprint density at radius 2 is 1.05 bits per heavy atom. The lowest BCUT2D eigenvalue weighted by Gasteiger charge is -2.27. The summed E-state index contributed by atoms with van der Waals surface area (Å²) in [5.41, 5.74) is 23.1. The minimum atomic E-state index is -1.64. The molecule has 346 valence electrons. The van der Waals surface area contributed by atoms with Gasteiger partial charge >= 0.3 is 5.97 Å². The summed E-state index contributed by atoms with van der Waals surface area (Å²) in [4.78, 5) is 117. The van der Waals surface area contributed by atoms with Crippen molar-refractivity contribution in [1.82, 2.24) is 31.9 Å². The lowest BCUT2D eigenvalue weighted by molar-refractivity contribution is -0.144. The number of nitrogens with one attached hydrogen (secondary N) is 6. The van der Waals surface area contributed by atoms with Crippen molar-refractivity contribution in [3.8, 4) is 5.75 Å². The Labute approximate surface area is 364 Å². The maximum atomic E-state index is 14.0. The van der Waals surface area contributed by atoms with Crippen LogP contribution in [0, 0.1) is 5.92 Å². The largest absolute Gasteiger partial charge is 0.508 e. The summed E-state index contributed by atoms with van der Waals surface area (Å²) in [7, 11) is 0. The average Bonchev–Trinajstić information content (AvgIpc) is 3.22. The molecule has 0 saturated heterocycles. The number of nitrogens with two attached hydrogens (primary N) is 4. The Morgan fingerprint density at radius 1 is 0.587 bits per heavy atom. The Hall–Kier alpha value is -6.65. The average molecular weight is 885 g/mol. The van der Waals surface area contributed by atoms with Gasteiger partial charge in [0.05, 0.1) is 19.1 Å². The SMILES string of the molecule is CC(C)[C@H](NC(=O)[C@H](CO)NC(=O)[C@H](Cc1ccccc1)NC(=O)[C@H](CCC(N)=O)NC(=O)[C@H](CCCCN)NC(=O)[C@H](Cc1ccc(O)cc1)NC(=O)[C@@H](N)CC(N)=O)C(=O)O. The van der Waals surface area contributed by atoms with Crippen molar-refractivity contribution in [2.75, 3.05) is 13.2 Å². The van der Waals surface area contributed by atoms with E-state index in [1.165, 1.54) is 24.3 Å². The number of aliphatic carboxylic acids is 1. The van der Waals surface area contributed by atoms with Crippen LogP contribution in [0.5, 0.6) is 5.75 Å². The summed E-state index contributed by atoms with van der Waals surface area (Å²) in [5.74, 6) is -9.33. The predicted molar refractivity (Wildman–Crippen MR) is 226 cm³/mol. The molecule has 0 spiro atoms. The van der Waals surface area contributed by atoms with Crippen molar-refractivity contribution < 1.29 is 58.5 Å². The molecule has 2 aromatic carbocycles. The summed E-state index contributed by atoms with van der Waals surface area (Å²) in [6.07, 6.45) is -0.971. The van der Waals surface area contributed by atoms with Gasteiger partial charge in [-0.1, -0.05) is 56.3 Å². The number of benzene rings is 2. The third kappa shape index (κ3) is 18.9. The maximum Gasteiger partial charge on any atom is 0.326 e. The van der Waals surface area contributed by atoms with Crippen molar-refractivity contribution in [3.63, 3.8) is 0 Å². The molecule has 22 nitrogen and oxygen atoms in total. The van der Waals surface area contributed by atoms with Crippen LogP contribution in [0.4, 0.5) is 0 Å². The second kappa shape index (κ2) is 26.6. The predicted octanol–water partition coefficient (Wildman–Crippen LogP) is -3.58. The fourth-order valence-corrected chi connectivity index (χ4v) is 6.09. The van der Waals surface area contributed by atoms with Gasteiger partial charge in [-0.3, -0.25) is 38.4 Å². The molecule has 0 fully saturated rings. The van der Waals surface area contributed by atoms with Crippen molar-refractivity contribution in [3.05, 3.63) is 65.7 Å². The van der Waals surface area contributed by atoms with Crippen LogP contribution >= 0.6 is 0 Å². The van der Waals surface area contributed by atoms with Gasteiger partial charge in [0.2, 0.25) is 47.3 Å². The summed E-state index contributed by atoms with van der Waals surface area (Å²) >= 11 is 0. The zero-order chi connectivity index (χ0) is 47.2. The zero-order valence-electron chi connectivity index (χ0n) is 35.2. The number of hydrogen-bond donors (Lipinski definition) is 13. The van der Waals surface area contributed by atoms with Gasteiger partial charge in [0.25, 0.3) is 0 Å². The molecule has 7 atom stereocenters. The molecule has 0 aliphatic carbocycles. The van der Waals surface area contributed by atoms with Crippen LogP contribution in [-0.2, 0) is 56.0 Å². The van der Waals surface area contributed by atoms with E-state index in [0.29, 0.717) is 24.0 Å². The van der Waals surface area contributed by atoms with E-state index in [1.54, 1.807) is 44.2 Å². The number of hydrogen-bond acceptors (Lipinski definition) is 13. The lowest BCUT2D eigenvalue weighted by atomic mass is 10.0. The number of carbonyl (C=O) groups is 9. The molecule has 8 amide bonds. The van der Waals surface area contributed by atoms with Gasteiger partial charge in [0, 0.05) is 19.3 Å². The number of phenolic OH excluding ortho intramolecular Hbond substituents is 1. The number of aliphatic hydroxyl groups is 1. The molecular formula is C41H60N10O12. The van der Waals surface area contributed by atoms with E-state index in [-0.39, 0.29) is 38.0 Å². The molecule has 0 radical (unpaired) electrons. The van der Waals surface area contributed by atoms with E-state index in [1.807, 2.05) is 0 Å². The summed E-state index contributed by atoms with van der Waals surface area (Å²) in [5, 5.41) is 44.0. The summed E-state index contributed by atoms with van der Waals surface area (Å²) in [6, 6.07) is 3.82. The normalized spacial score (nSPS) is 14.3. The second-order valence-electron chi connectivity index (χ2n) is 15.2. The van der Waals surface area contributed by atoms with Crippen LogP contribution in [0.25, 0.3) is 0 Å². The van der Waals surface area contributed by atoms with Gasteiger partial charge in [-0.2, -0.15) is 0 Å². The second-order valence-corrected chi connectivity index (χ2v) is 15.2. The Morgan fingerprint density at radius 3 is 1.52 bits per heavy atom. The maximum absolute atomic E-state index is 14.0. The first-order valence-electron chi connectivity index (χ1n) is 20.3. The van der Waals surface area contributed by atoms with Gasteiger partial charge in [0.15, 0.2) is 0 Å². The summed E-state index contributed by atoms with van der Waals surface area (Å²) < 4.78 is 0. The van der Waals surface area contributed by atoms with Gasteiger partial charge in [-0.15, -0.1) is 0 Å². The number of unbranched alkanes of at least 4 members (excludes halogenated alkanes) is 1. The number of primary amides is 2. The Kier molecular flexibility index (Phi) is 22.2. The van der Waals surface area contributed by atoms with Crippen LogP contribution < -0.4 is 54.8 Å². The van der Waals surface area contributed by atoms with E-state index in [0.717, 1.165) is 0 Å². The van der Waals surface area contributed by atoms with E-state index in [4.69, 9.17) is 22.9 Å². The molecule has 0 aromatic heterocycles. The molecule has 0 aliphatic rings. The smallest absolute Gasteiger partial charge is 0.326 e. The third-order valence-electron chi connectivity index (χ3n) is 9.62. The van der Waals surface area contributed by atoms with Crippen LogP contribution in [0.15, 0.2) is 54.6 Å². The number of aromatic hydroxyl groups is 1. The first-order chi connectivity index (χ1) is 29.7. The fourth-order valence-electron chi connectivity index (χ4n) is 6.09. The Balaban J connectivity index is 2.44. The highest BCUT2D eigenvalue weighted by atomic mass is 16.4. The molecule has 22 heteroatoms. The van der Waals surface area contributed by atoms with E-state index < -0.39 is 121 Å². The van der Waals surface area contributed by atoms with E-state index in [9.17, 15) is 58.5 Å². The number of amides is 8. The quantitative estimate of drug-likeness (QED) is 0.0368. The number of carboxylic acids is 1. The topological polar surface area (TPSA) is 391 Å². The highest BCUT2D eigenvalue weighted by molar-refractivity contribution is 5.97. The monoisotopic (exact) mass is 884 g/mol.